The minimum atomic E-state index is -0.0950. The van der Waals surface area contributed by atoms with E-state index in [2.05, 4.69) is 15.5 Å². The van der Waals surface area contributed by atoms with Gasteiger partial charge in [0, 0.05) is 25.9 Å². The van der Waals surface area contributed by atoms with Crippen LogP contribution >= 0.6 is 0 Å². The highest BCUT2D eigenvalue weighted by Gasteiger charge is 2.33. The number of hydrogen-bond donors (Lipinski definition) is 1. The number of rotatable bonds is 5. The van der Waals surface area contributed by atoms with Gasteiger partial charge in [-0.15, -0.1) is 0 Å². The van der Waals surface area contributed by atoms with Gasteiger partial charge in [-0.25, -0.2) is 4.79 Å². The van der Waals surface area contributed by atoms with Crippen molar-refractivity contribution in [2.45, 2.75) is 58.5 Å². The van der Waals surface area contributed by atoms with Crippen molar-refractivity contribution in [2.24, 2.45) is 0 Å². The van der Waals surface area contributed by atoms with Gasteiger partial charge >= 0.3 is 6.03 Å². The second kappa shape index (κ2) is 7.07. The van der Waals surface area contributed by atoms with Crippen molar-refractivity contribution in [1.29, 1.82) is 0 Å². The molecular weight excluding hydrogens is 308 g/mol. The molecule has 1 saturated heterocycles. The van der Waals surface area contributed by atoms with Gasteiger partial charge in [-0.1, -0.05) is 5.16 Å². The van der Waals surface area contributed by atoms with E-state index in [1.54, 1.807) is 11.8 Å². The maximum Gasteiger partial charge on any atom is 0.318 e. The molecule has 0 spiro atoms. The molecule has 2 atom stereocenters. The van der Waals surface area contributed by atoms with E-state index in [1.165, 1.54) is 0 Å². The third-order valence-corrected chi connectivity index (χ3v) is 4.34. The first kappa shape index (κ1) is 16.5. The zero-order chi connectivity index (χ0) is 17.1. The molecule has 0 bridgehead atoms. The maximum atomic E-state index is 12.6. The Balaban J connectivity index is 1.53. The second-order valence-corrected chi connectivity index (χ2v) is 6.42. The van der Waals surface area contributed by atoms with Crippen LogP contribution in [0.1, 0.15) is 55.5 Å². The van der Waals surface area contributed by atoms with Crippen LogP contribution in [0.3, 0.4) is 0 Å². The summed E-state index contributed by atoms with van der Waals surface area (Å²) in [6.07, 6.45) is 3.46. The zero-order valence-electron chi connectivity index (χ0n) is 14.4. The van der Waals surface area contributed by atoms with E-state index in [4.69, 9.17) is 8.94 Å². The summed E-state index contributed by atoms with van der Waals surface area (Å²) in [4.78, 5) is 18.6. The fourth-order valence-corrected chi connectivity index (χ4v) is 3.07. The number of likely N-dealkylation sites (tertiary alicyclic amines) is 1. The summed E-state index contributed by atoms with van der Waals surface area (Å²) in [6.45, 7) is 6.42. The molecule has 2 amide bonds. The van der Waals surface area contributed by atoms with Gasteiger partial charge < -0.3 is 19.2 Å². The number of furan rings is 1. The van der Waals surface area contributed by atoms with E-state index in [9.17, 15) is 4.79 Å². The summed E-state index contributed by atoms with van der Waals surface area (Å²) < 4.78 is 10.6. The minimum absolute atomic E-state index is 0.0659. The summed E-state index contributed by atoms with van der Waals surface area (Å²) in [6, 6.07) is 3.85. The van der Waals surface area contributed by atoms with E-state index in [-0.39, 0.29) is 18.1 Å². The average Bonchev–Trinajstić information content (AvgIpc) is 3.25. The quantitative estimate of drug-likeness (QED) is 0.909. The molecule has 3 rings (SSSR count). The first-order valence-electron chi connectivity index (χ1n) is 8.45. The van der Waals surface area contributed by atoms with Crippen LogP contribution in [0.5, 0.6) is 0 Å². The Morgan fingerprint density at radius 3 is 2.96 bits per heavy atom. The molecule has 0 aliphatic carbocycles. The Kier molecular flexibility index (Phi) is 4.87. The van der Waals surface area contributed by atoms with E-state index in [0.717, 1.165) is 37.2 Å². The van der Waals surface area contributed by atoms with Crippen molar-refractivity contribution in [1.82, 2.24) is 20.4 Å². The van der Waals surface area contributed by atoms with Gasteiger partial charge in [0.25, 0.3) is 0 Å². The summed E-state index contributed by atoms with van der Waals surface area (Å²) in [5.74, 6) is 2.99. The highest BCUT2D eigenvalue weighted by molar-refractivity contribution is 5.75. The largest absolute Gasteiger partial charge is 0.466 e. The zero-order valence-corrected chi connectivity index (χ0v) is 14.4. The Labute approximate surface area is 141 Å². The predicted molar refractivity (Wildman–Crippen MR) is 87.5 cm³/mol. The summed E-state index contributed by atoms with van der Waals surface area (Å²) in [5.41, 5.74) is 0. The van der Waals surface area contributed by atoms with Crippen LogP contribution in [0, 0.1) is 13.8 Å². The SMILES string of the molecule is Cc1ccc(CC[C@H](C)NC(=O)N2CCC[C@H]2c2noc(C)n2)o1. The lowest BCUT2D eigenvalue weighted by atomic mass is 10.1. The van der Waals surface area contributed by atoms with Crippen LogP contribution in [-0.2, 0) is 6.42 Å². The number of carbonyl (C=O) groups excluding carboxylic acids is 1. The number of urea groups is 1. The Bertz CT molecular complexity index is 694. The van der Waals surface area contributed by atoms with Gasteiger partial charge in [0.05, 0.1) is 6.04 Å². The number of hydrogen-bond acceptors (Lipinski definition) is 5. The van der Waals surface area contributed by atoms with Crippen LogP contribution in [0.4, 0.5) is 4.79 Å². The van der Waals surface area contributed by atoms with Gasteiger partial charge in [0.2, 0.25) is 5.89 Å². The topological polar surface area (TPSA) is 84.4 Å². The fourth-order valence-electron chi connectivity index (χ4n) is 3.07. The number of amides is 2. The molecule has 2 aromatic heterocycles. The van der Waals surface area contributed by atoms with Gasteiger partial charge in [0.1, 0.15) is 11.5 Å². The molecule has 0 unspecified atom stereocenters. The highest BCUT2D eigenvalue weighted by atomic mass is 16.5. The second-order valence-electron chi connectivity index (χ2n) is 6.42. The highest BCUT2D eigenvalue weighted by Crippen LogP contribution is 2.30. The summed E-state index contributed by atoms with van der Waals surface area (Å²) >= 11 is 0. The van der Waals surface area contributed by atoms with Crippen LogP contribution < -0.4 is 5.32 Å². The molecular formula is C17H24N4O3. The van der Waals surface area contributed by atoms with Crippen molar-refractivity contribution in [3.63, 3.8) is 0 Å². The molecule has 7 heteroatoms. The minimum Gasteiger partial charge on any atom is -0.466 e. The first-order valence-corrected chi connectivity index (χ1v) is 8.45. The van der Waals surface area contributed by atoms with Crippen molar-refractivity contribution in [3.05, 3.63) is 35.4 Å². The molecule has 1 N–H and O–H groups in total. The van der Waals surface area contributed by atoms with Crippen LogP contribution in [-0.4, -0.2) is 33.7 Å². The summed E-state index contributed by atoms with van der Waals surface area (Å²) in [5, 5.41) is 7.03. The van der Waals surface area contributed by atoms with Gasteiger partial charge in [0.15, 0.2) is 5.82 Å². The molecule has 1 aliphatic heterocycles. The van der Waals surface area contributed by atoms with Gasteiger partial charge in [-0.2, -0.15) is 4.98 Å². The summed E-state index contributed by atoms with van der Waals surface area (Å²) in [7, 11) is 0. The lowest BCUT2D eigenvalue weighted by molar-refractivity contribution is 0.186. The van der Waals surface area contributed by atoms with Crippen molar-refractivity contribution < 1.29 is 13.7 Å². The van der Waals surface area contributed by atoms with Gasteiger partial charge in [-0.3, -0.25) is 0 Å². The maximum absolute atomic E-state index is 12.6. The number of nitrogens with zero attached hydrogens (tertiary/aromatic N) is 3. The lowest BCUT2D eigenvalue weighted by Gasteiger charge is -2.25. The normalized spacial score (nSPS) is 18.8. The molecule has 2 aromatic rings. The van der Waals surface area contributed by atoms with E-state index >= 15 is 0 Å². The molecule has 130 valence electrons. The average molecular weight is 332 g/mol. The Hall–Kier alpha value is -2.31. The molecule has 0 radical (unpaired) electrons. The molecule has 7 nitrogen and oxygen atoms in total. The van der Waals surface area contributed by atoms with Crippen LogP contribution in [0.2, 0.25) is 0 Å². The van der Waals surface area contributed by atoms with Crippen molar-refractivity contribution >= 4 is 6.03 Å². The van der Waals surface area contributed by atoms with Gasteiger partial charge in [-0.05, 0) is 45.2 Å². The first-order chi connectivity index (χ1) is 11.5. The van der Waals surface area contributed by atoms with Crippen molar-refractivity contribution in [3.8, 4) is 0 Å². The smallest absolute Gasteiger partial charge is 0.318 e. The van der Waals surface area contributed by atoms with Crippen LogP contribution in [0.25, 0.3) is 0 Å². The van der Waals surface area contributed by atoms with E-state index < -0.39 is 0 Å². The molecule has 1 aliphatic rings. The fraction of sp³-hybridized carbons (Fsp3) is 0.588. The number of carbonyl (C=O) groups is 1. The van der Waals surface area contributed by atoms with Crippen LogP contribution in [0.15, 0.2) is 21.1 Å². The van der Waals surface area contributed by atoms with E-state index in [1.807, 2.05) is 26.0 Å². The molecule has 1 fully saturated rings. The molecule has 24 heavy (non-hydrogen) atoms. The number of aromatic nitrogens is 2. The standard InChI is InChI=1S/C17H24N4O3/c1-11(6-8-14-9-7-12(2)23-14)18-17(22)21-10-4-5-15(21)16-19-13(3)24-20-16/h7,9,11,15H,4-6,8,10H2,1-3H3,(H,18,22)/t11-,15-/m0/s1. The third-order valence-electron chi connectivity index (χ3n) is 4.34. The predicted octanol–water partition coefficient (Wildman–Crippen LogP) is 3.15. The number of aryl methyl sites for hydroxylation is 3. The van der Waals surface area contributed by atoms with E-state index in [0.29, 0.717) is 18.3 Å². The lowest BCUT2D eigenvalue weighted by Crippen LogP contribution is -2.43. The molecule has 3 heterocycles. The molecule has 0 aromatic carbocycles. The third kappa shape index (κ3) is 3.77. The Morgan fingerprint density at radius 2 is 2.29 bits per heavy atom. The number of nitrogens with one attached hydrogen (secondary N) is 1. The van der Waals surface area contributed by atoms with Crippen molar-refractivity contribution in [2.75, 3.05) is 6.54 Å². The molecule has 0 saturated carbocycles. The Morgan fingerprint density at radius 1 is 1.46 bits per heavy atom. The monoisotopic (exact) mass is 332 g/mol.